The molecule has 1 aromatic carbocycles. The van der Waals surface area contributed by atoms with Gasteiger partial charge in [-0.05, 0) is 56.3 Å². The maximum atomic E-state index is 12.8. The minimum absolute atomic E-state index is 0.207. The highest BCUT2D eigenvalue weighted by molar-refractivity contribution is 5.79. The van der Waals surface area contributed by atoms with Crippen molar-refractivity contribution in [1.29, 1.82) is 0 Å². The van der Waals surface area contributed by atoms with Gasteiger partial charge in [0.15, 0.2) is 5.82 Å². The van der Waals surface area contributed by atoms with Gasteiger partial charge in [-0.15, -0.1) is 0 Å². The number of nitrogens with zero attached hydrogens (tertiary/aromatic N) is 4. The Kier molecular flexibility index (Phi) is 5.58. The lowest BCUT2D eigenvalue weighted by atomic mass is 9.76. The maximum Gasteiger partial charge on any atom is 0.226 e. The van der Waals surface area contributed by atoms with E-state index in [4.69, 9.17) is 9.26 Å². The van der Waals surface area contributed by atoms with E-state index >= 15 is 0 Å². The van der Waals surface area contributed by atoms with Crippen LogP contribution in [0.1, 0.15) is 49.5 Å². The summed E-state index contributed by atoms with van der Waals surface area (Å²) >= 11 is 0. The van der Waals surface area contributed by atoms with E-state index in [9.17, 15) is 4.79 Å². The molecule has 2 saturated heterocycles. The molecule has 0 bridgehead atoms. The zero-order chi connectivity index (χ0) is 20.4. The van der Waals surface area contributed by atoms with Crippen LogP contribution < -0.4 is 4.74 Å². The molecule has 7 nitrogen and oxygen atoms in total. The number of benzene rings is 1. The van der Waals surface area contributed by atoms with E-state index in [0.29, 0.717) is 18.9 Å². The number of carbonyl (C=O) groups is 1. The molecule has 1 unspecified atom stereocenters. The third kappa shape index (κ3) is 4.29. The lowest BCUT2D eigenvalue weighted by Crippen LogP contribution is -2.44. The number of amides is 1. The number of carbonyl (C=O) groups excluding carboxylic acids is 1. The Morgan fingerprint density at radius 2 is 2.00 bits per heavy atom. The Balaban J connectivity index is 1.32. The van der Waals surface area contributed by atoms with Crippen LogP contribution in [0.5, 0.6) is 5.75 Å². The van der Waals surface area contributed by atoms with Crippen LogP contribution >= 0.6 is 0 Å². The monoisotopic (exact) mass is 398 g/mol. The Morgan fingerprint density at radius 3 is 2.62 bits per heavy atom. The molecule has 1 atom stereocenters. The summed E-state index contributed by atoms with van der Waals surface area (Å²) in [4.78, 5) is 21.6. The molecule has 156 valence electrons. The van der Waals surface area contributed by atoms with Gasteiger partial charge in [0.25, 0.3) is 0 Å². The number of aromatic nitrogens is 2. The molecule has 2 aliphatic heterocycles. The van der Waals surface area contributed by atoms with E-state index < -0.39 is 0 Å². The van der Waals surface area contributed by atoms with Gasteiger partial charge < -0.3 is 14.2 Å². The second-order valence-corrected chi connectivity index (χ2v) is 8.44. The van der Waals surface area contributed by atoms with Crippen LogP contribution in [-0.2, 0) is 11.2 Å². The van der Waals surface area contributed by atoms with Crippen molar-refractivity contribution in [3.05, 3.63) is 41.5 Å². The van der Waals surface area contributed by atoms with E-state index in [2.05, 4.69) is 22.1 Å². The van der Waals surface area contributed by atoms with Gasteiger partial charge in [0, 0.05) is 26.6 Å². The molecule has 1 aromatic heterocycles. The van der Waals surface area contributed by atoms with Crippen LogP contribution in [0.2, 0.25) is 0 Å². The number of piperidine rings is 1. The summed E-state index contributed by atoms with van der Waals surface area (Å²) in [7, 11) is 2.13. The zero-order valence-electron chi connectivity index (χ0n) is 17.6. The first-order valence-corrected chi connectivity index (χ1v) is 10.5. The highest BCUT2D eigenvalue weighted by Gasteiger charge is 2.46. The minimum atomic E-state index is 0.207. The highest BCUT2D eigenvalue weighted by atomic mass is 16.5. The average Bonchev–Trinajstić information content (AvgIpc) is 3.27. The van der Waals surface area contributed by atoms with Crippen LogP contribution in [0.4, 0.5) is 0 Å². The number of ether oxygens (including phenoxy) is 1. The molecule has 0 aliphatic carbocycles. The molecule has 3 heterocycles. The topological polar surface area (TPSA) is 71.7 Å². The first kappa shape index (κ1) is 19.9. The van der Waals surface area contributed by atoms with Crippen molar-refractivity contribution >= 4 is 5.91 Å². The highest BCUT2D eigenvalue weighted by Crippen LogP contribution is 2.47. The summed E-state index contributed by atoms with van der Waals surface area (Å²) in [5, 5.41) is 4.13. The fourth-order valence-corrected chi connectivity index (χ4v) is 4.76. The van der Waals surface area contributed by atoms with Crippen molar-refractivity contribution < 1.29 is 14.1 Å². The minimum Gasteiger partial charge on any atom is -0.494 e. The largest absolute Gasteiger partial charge is 0.494 e. The first-order valence-electron chi connectivity index (χ1n) is 10.5. The number of hydrogen-bond donors (Lipinski definition) is 0. The van der Waals surface area contributed by atoms with Gasteiger partial charge in [-0.3, -0.25) is 9.69 Å². The van der Waals surface area contributed by atoms with E-state index in [0.717, 1.165) is 56.0 Å². The Morgan fingerprint density at radius 1 is 1.28 bits per heavy atom. The third-order valence-corrected chi connectivity index (χ3v) is 6.35. The third-order valence-electron chi connectivity index (χ3n) is 6.35. The van der Waals surface area contributed by atoms with E-state index in [1.807, 2.05) is 43.0 Å². The molecule has 2 aromatic rings. The van der Waals surface area contributed by atoms with Crippen molar-refractivity contribution in [2.45, 2.75) is 45.6 Å². The predicted molar refractivity (Wildman–Crippen MR) is 109 cm³/mol. The SMILES string of the molecule is CCOc1ccc(CC(=O)N2CCC3(CC2)CC(c2noc(C)n2)N(C)C3)cc1. The Labute approximate surface area is 172 Å². The van der Waals surface area contributed by atoms with Crippen LogP contribution in [0.15, 0.2) is 28.8 Å². The number of hydrogen-bond acceptors (Lipinski definition) is 6. The molecule has 1 amide bonds. The fourth-order valence-electron chi connectivity index (χ4n) is 4.76. The Bertz CT molecular complexity index is 840. The quantitative estimate of drug-likeness (QED) is 0.771. The van der Waals surface area contributed by atoms with Crippen molar-refractivity contribution in [1.82, 2.24) is 19.9 Å². The van der Waals surface area contributed by atoms with Crippen LogP contribution in [-0.4, -0.2) is 59.1 Å². The molecule has 0 radical (unpaired) electrons. The van der Waals surface area contributed by atoms with Gasteiger partial charge >= 0.3 is 0 Å². The second kappa shape index (κ2) is 8.14. The van der Waals surface area contributed by atoms with Gasteiger partial charge in [0.05, 0.1) is 19.1 Å². The van der Waals surface area contributed by atoms with Crippen LogP contribution in [0.3, 0.4) is 0 Å². The molecular formula is C22H30N4O3. The van der Waals surface area contributed by atoms with Crippen molar-refractivity contribution in [3.63, 3.8) is 0 Å². The summed E-state index contributed by atoms with van der Waals surface area (Å²) in [5.41, 5.74) is 1.27. The van der Waals surface area contributed by atoms with Gasteiger partial charge in [0.2, 0.25) is 11.8 Å². The molecule has 4 rings (SSSR count). The summed E-state index contributed by atoms with van der Waals surface area (Å²) in [6.45, 7) is 7.11. The molecule has 2 fully saturated rings. The number of likely N-dealkylation sites (tertiary alicyclic amines) is 2. The molecule has 7 heteroatoms. The van der Waals surface area contributed by atoms with Gasteiger partial charge in [-0.1, -0.05) is 17.3 Å². The fraction of sp³-hybridized carbons (Fsp3) is 0.591. The molecule has 2 aliphatic rings. The van der Waals surface area contributed by atoms with Crippen molar-refractivity contribution in [3.8, 4) is 5.75 Å². The lowest BCUT2D eigenvalue weighted by Gasteiger charge is -2.39. The summed E-state index contributed by atoms with van der Waals surface area (Å²) in [6, 6.07) is 8.05. The van der Waals surface area contributed by atoms with Gasteiger partial charge in [-0.2, -0.15) is 4.98 Å². The number of rotatable bonds is 5. The lowest BCUT2D eigenvalue weighted by molar-refractivity contribution is -0.132. The first-order chi connectivity index (χ1) is 14.0. The Hall–Kier alpha value is -2.41. The molecule has 0 N–H and O–H groups in total. The maximum absolute atomic E-state index is 12.8. The van der Waals surface area contributed by atoms with Crippen molar-refractivity contribution in [2.24, 2.45) is 5.41 Å². The van der Waals surface area contributed by atoms with Gasteiger partial charge in [0.1, 0.15) is 5.75 Å². The summed E-state index contributed by atoms with van der Waals surface area (Å²) in [6.07, 6.45) is 3.53. The van der Waals surface area contributed by atoms with Gasteiger partial charge in [-0.25, -0.2) is 0 Å². The predicted octanol–water partition coefficient (Wildman–Crippen LogP) is 3.00. The van der Waals surface area contributed by atoms with E-state index in [1.165, 1.54) is 0 Å². The second-order valence-electron chi connectivity index (χ2n) is 8.44. The van der Waals surface area contributed by atoms with Crippen LogP contribution in [0.25, 0.3) is 0 Å². The molecular weight excluding hydrogens is 368 g/mol. The normalized spacial score (nSPS) is 21.6. The average molecular weight is 399 g/mol. The number of aryl methyl sites for hydroxylation is 1. The molecule has 29 heavy (non-hydrogen) atoms. The summed E-state index contributed by atoms with van der Waals surface area (Å²) < 4.78 is 10.7. The zero-order valence-corrected chi connectivity index (χ0v) is 17.6. The van der Waals surface area contributed by atoms with E-state index in [-0.39, 0.29) is 17.4 Å². The smallest absolute Gasteiger partial charge is 0.226 e. The van der Waals surface area contributed by atoms with Crippen molar-refractivity contribution in [2.75, 3.05) is 33.3 Å². The molecule has 1 spiro atoms. The standard InChI is InChI=1S/C22H30N4O3/c1-4-28-18-7-5-17(6-8-18)13-20(27)26-11-9-22(10-12-26)14-19(25(3)15-22)21-23-16(2)29-24-21/h5-8,19H,4,9-15H2,1-3H3. The summed E-state index contributed by atoms with van der Waals surface area (Å²) in [5.74, 6) is 2.46. The molecule has 0 saturated carbocycles. The van der Waals surface area contributed by atoms with Crippen LogP contribution in [0, 0.1) is 12.3 Å². The van der Waals surface area contributed by atoms with E-state index in [1.54, 1.807) is 0 Å².